The molecule has 3 aromatic heterocycles. The Hall–Kier alpha value is -4.84. The first-order valence-corrected chi connectivity index (χ1v) is 21.5. The number of aromatic nitrogens is 3. The smallest absolute Gasteiger partial charge is 0.307 e. The monoisotopic (exact) mass is 805 g/mol. The number of hydrogen-bond acceptors (Lipinski definition) is 11. The molecule has 306 valence electrons. The van der Waals surface area contributed by atoms with Crippen LogP contribution in [0.4, 0.5) is 5.82 Å². The minimum absolute atomic E-state index is 0.0904. The highest BCUT2D eigenvalue weighted by Gasteiger charge is 2.42. The van der Waals surface area contributed by atoms with Crippen molar-refractivity contribution in [3.63, 3.8) is 0 Å². The van der Waals surface area contributed by atoms with Crippen LogP contribution in [-0.4, -0.2) is 101 Å². The molecular weight excluding hydrogens is 751 g/mol. The Balaban J connectivity index is 1.25. The standard InChI is InChI=1S/C44H55N9O4S/c1-27-18-31(27)41(55)48-34-22-38-47-35(24-58-38)28-9-10-36-32(19-28)33(23-43(2,3)26-57-39(54)21-30-8-7-13-52(49-30)42(34)56)40(53(36)44(4,5)25-45)29-11-12-46-37(20-29)51-16-14-50(6)15-17-51/h9-12,19-20,24,27,30-31,34,49H,7-8,13-18,21-23,26H2,1-6H3,(H,48,55)/t27-,30-,31-,34-/m0/s1. The fourth-order valence-corrected chi connectivity index (χ4v) is 9.55. The lowest BCUT2D eigenvalue weighted by molar-refractivity contribution is -0.150. The van der Waals surface area contributed by atoms with E-state index in [1.54, 1.807) is 5.01 Å². The summed E-state index contributed by atoms with van der Waals surface area (Å²) >= 11 is 1.48. The number of carbonyl (C=O) groups excluding carboxylic acids is 3. The quantitative estimate of drug-likeness (QED) is 0.247. The van der Waals surface area contributed by atoms with Crippen molar-refractivity contribution >= 4 is 45.8 Å². The molecular formula is C44H55N9O4S. The van der Waals surface area contributed by atoms with E-state index < -0.39 is 17.0 Å². The van der Waals surface area contributed by atoms with Crippen LogP contribution >= 0.6 is 11.3 Å². The average Bonchev–Trinajstić information content (AvgIpc) is 3.61. The highest BCUT2D eigenvalue weighted by molar-refractivity contribution is 7.10. The molecule has 1 aliphatic carbocycles. The molecule has 14 heteroatoms. The van der Waals surface area contributed by atoms with E-state index in [0.717, 1.165) is 95.2 Å². The fraction of sp³-hybridized carbons (Fsp3) is 0.545. The summed E-state index contributed by atoms with van der Waals surface area (Å²) in [6, 6.07) is 12.0. The summed E-state index contributed by atoms with van der Waals surface area (Å²) in [6.45, 7) is 14.5. The van der Waals surface area contributed by atoms with E-state index in [0.29, 0.717) is 18.9 Å². The van der Waals surface area contributed by atoms with Gasteiger partial charge in [-0.15, -0.1) is 11.3 Å². The molecule has 1 saturated carbocycles. The molecule has 6 bridgehead atoms. The van der Waals surface area contributed by atoms with Gasteiger partial charge in [0.1, 0.15) is 17.4 Å². The van der Waals surface area contributed by atoms with Gasteiger partial charge in [0.25, 0.3) is 5.91 Å². The number of benzene rings is 1. The molecule has 4 aromatic rings. The number of carbonyl (C=O) groups is 3. The largest absolute Gasteiger partial charge is 0.465 e. The zero-order valence-corrected chi connectivity index (χ0v) is 35.3. The molecule has 2 N–H and O–H groups in total. The maximum atomic E-state index is 14.1. The second-order valence-electron chi connectivity index (χ2n) is 18.1. The van der Waals surface area contributed by atoms with E-state index in [-0.39, 0.29) is 49.2 Å². The maximum Gasteiger partial charge on any atom is 0.307 e. The van der Waals surface area contributed by atoms with E-state index in [1.807, 2.05) is 44.5 Å². The van der Waals surface area contributed by atoms with E-state index in [9.17, 15) is 19.6 Å². The van der Waals surface area contributed by atoms with Crippen molar-refractivity contribution in [2.75, 3.05) is 51.3 Å². The lowest BCUT2D eigenvalue weighted by atomic mass is 9.84. The van der Waals surface area contributed by atoms with Crippen LogP contribution in [0.25, 0.3) is 33.4 Å². The Morgan fingerprint density at radius 2 is 1.86 bits per heavy atom. The van der Waals surface area contributed by atoms with E-state index in [1.165, 1.54) is 11.3 Å². The second kappa shape index (κ2) is 15.7. The number of thiazole rings is 1. The number of esters is 1. The minimum Gasteiger partial charge on any atom is -0.465 e. The number of pyridine rings is 1. The summed E-state index contributed by atoms with van der Waals surface area (Å²) in [4.78, 5) is 55.4. The number of nitrogens with zero attached hydrogens (tertiary/aromatic N) is 7. The number of hydrogen-bond donors (Lipinski definition) is 2. The lowest BCUT2D eigenvalue weighted by Gasteiger charge is -2.36. The number of piperazine rings is 1. The summed E-state index contributed by atoms with van der Waals surface area (Å²) in [5, 5.41) is 19.1. The number of hydrazine groups is 1. The van der Waals surface area contributed by atoms with Crippen LogP contribution in [0.3, 0.4) is 0 Å². The highest BCUT2D eigenvalue weighted by Crippen LogP contribution is 2.43. The minimum atomic E-state index is -0.923. The van der Waals surface area contributed by atoms with Crippen LogP contribution in [0.5, 0.6) is 0 Å². The van der Waals surface area contributed by atoms with E-state index in [4.69, 9.17) is 14.7 Å². The van der Waals surface area contributed by atoms with Crippen LogP contribution in [0, 0.1) is 28.6 Å². The van der Waals surface area contributed by atoms with Gasteiger partial charge in [-0.05, 0) is 82.3 Å². The summed E-state index contributed by atoms with van der Waals surface area (Å²) < 4.78 is 8.21. The molecule has 4 atom stereocenters. The van der Waals surface area contributed by atoms with Crippen molar-refractivity contribution < 1.29 is 19.1 Å². The lowest BCUT2D eigenvalue weighted by Crippen LogP contribution is -2.59. The van der Waals surface area contributed by atoms with Crippen molar-refractivity contribution in [3.05, 3.63) is 52.5 Å². The van der Waals surface area contributed by atoms with Crippen LogP contribution in [0.2, 0.25) is 0 Å². The van der Waals surface area contributed by atoms with Crippen molar-refractivity contribution in [1.29, 1.82) is 5.26 Å². The van der Waals surface area contributed by atoms with Crippen molar-refractivity contribution in [2.24, 2.45) is 17.3 Å². The predicted molar refractivity (Wildman–Crippen MR) is 225 cm³/mol. The van der Waals surface area contributed by atoms with E-state index in [2.05, 4.69) is 70.3 Å². The van der Waals surface area contributed by atoms with Gasteiger partial charge in [0.2, 0.25) is 5.91 Å². The van der Waals surface area contributed by atoms with Gasteiger partial charge in [-0.25, -0.2) is 15.4 Å². The van der Waals surface area contributed by atoms with Gasteiger partial charge in [-0.1, -0.05) is 26.8 Å². The number of ether oxygens (including phenoxy) is 1. The maximum absolute atomic E-state index is 14.1. The number of likely N-dealkylation sites (N-methyl/N-ethyl adjacent to an activating group) is 1. The van der Waals surface area contributed by atoms with Gasteiger partial charge < -0.3 is 24.4 Å². The first kappa shape index (κ1) is 40.0. The van der Waals surface area contributed by atoms with Gasteiger partial charge >= 0.3 is 5.97 Å². The molecule has 1 aromatic carbocycles. The zero-order chi connectivity index (χ0) is 40.9. The molecule has 2 amide bonds. The Bertz CT molecular complexity index is 2270. The molecule has 4 aliphatic rings. The predicted octanol–water partition coefficient (Wildman–Crippen LogP) is 5.53. The molecule has 0 radical (unpaired) electrons. The molecule has 0 spiro atoms. The van der Waals surface area contributed by atoms with Gasteiger partial charge in [0.05, 0.1) is 41.0 Å². The van der Waals surface area contributed by atoms with Crippen LogP contribution in [-0.2, 0) is 37.5 Å². The fourth-order valence-electron chi connectivity index (χ4n) is 8.70. The molecule has 3 fully saturated rings. The zero-order valence-electron chi connectivity index (χ0n) is 34.5. The van der Waals surface area contributed by atoms with Crippen LogP contribution < -0.4 is 15.6 Å². The molecule has 13 nitrogen and oxygen atoms in total. The first-order valence-electron chi connectivity index (χ1n) is 20.7. The number of fused-ring (bicyclic) bond motifs is 6. The summed E-state index contributed by atoms with van der Waals surface area (Å²) in [5.41, 5.74) is 7.44. The Kier molecular flexibility index (Phi) is 10.8. The van der Waals surface area contributed by atoms with Gasteiger partial charge in [-0.3, -0.25) is 19.4 Å². The Labute approximate surface area is 344 Å². The Morgan fingerprint density at radius 3 is 2.60 bits per heavy atom. The van der Waals surface area contributed by atoms with Crippen molar-refractivity contribution in [2.45, 2.75) is 90.8 Å². The number of rotatable bonds is 5. The first-order chi connectivity index (χ1) is 27.7. The Morgan fingerprint density at radius 1 is 1.09 bits per heavy atom. The molecule has 58 heavy (non-hydrogen) atoms. The highest BCUT2D eigenvalue weighted by atomic mass is 32.1. The normalized spacial score (nSPS) is 24.4. The number of anilines is 1. The summed E-state index contributed by atoms with van der Waals surface area (Å²) in [7, 11) is 2.14. The summed E-state index contributed by atoms with van der Waals surface area (Å²) in [5.74, 6) is 0.435. The summed E-state index contributed by atoms with van der Waals surface area (Å²) in [6.07, 6.45) is 5.04. The van der Waals surface area contributed by atoms with Gasteiger partial charge in [0.15, 0.2) is 0 Å². The molecule has 0 unspecified atom stereocenters. The molecule has 6 heterocycles. The van der Waals surface area contributed by atoms with Crippen molar-refractivity contribution in [3.8, 4) is 28.6 Å². The number of nitriles is 1. The van der Waals surface area contributed by atoms with E-state index >= 15 is 0 Å². The van der Waals surface area contributed by atoms with Crippen LogP contribution in [0.15, 0.2) is 41.9 Å². The van der Waals surface area contributed by atoms with Gasteiger partial charge in [-0.2, -0.15) is 5.26 Å². The number of amides is 2. The third kappa shape index (κ3) is 8.22. The van der Waals surface area contributed by atoms with Crippen LogP contribution in [0.1, 0.15) is 70.9 Å². The molecule has 3 aliphatic heterocycles. The number of nitrogens with one attached hydrogen (secondary N) is 2. The number of cyclic esters (lactones) is 1. The SMILES string of the molecule is C[C@H]1C[C@@H]1C(=O)N[C@H]1Cc2nc(cs2)-c2ccc3c(c2)c(c(-c2ccnc(N4CCN(C)CC4)c2)n3C(C)(C)C#N)CC(C)(C)COC(=O)C[C@@H]2CCCN(N2)C1=O. The topological polar surface area (TPSA) is 149 Å². The average molecular weight is 806 g/mol. The third-order valence-electron chi connectivity index (χ3n) is 12.3. The molecule has 2 saturated heterocycles. The molecule has 8 rings (SSSR count). The third-order valence-corrected chi connectivity index (χ3v) is 13.1. The second-order valence-corrected chi connectivity index (χ2v) is 19.1. The van der Waals surface area contributed by atoms with Gasteiger partial charge in [0, 0.05) is 84.6 Å². The van der Waals surface area contributed by atoms with Crippen molar-refractivity contribution in [1.82, 2.24) is 35.2 Å².